The highest BCUT2D eigenvalue weighted by atomic mass is 16.5. The summed E-state index contributed by atoms with van der Waals surface area (Å²) < 4.78 is 5.29. The molecule has 1 aromatic rings. The molecule has 1 aliphatic rings. The summed E-state index contributed by atoms with van der Waals surface area (Å²) in [6.45, 7) is 5.15. The quantitative estimate of drug-likeness (QED) is 0.855. The first-order chi connectivity index (χ1) is 9.31. The Labute approximate surface area is 114 Å². The summed E-state index contributed by atoms with van der Waals surface area (Å²) in [4.78, 5) is 12.2. The number of amides is 1. The molecule has 104 valence electrons. The Bertz CT molecular complexity index is 414. The van der Waals surface area contributed by atoms with Crippen molar-refractivity contribution in [1.82, 2.24) is 5.32 Å². The van der Waals surface area contributed by atoms with Gasteiger partial charge < -0.3 is 15.4 Å². The zero-order valence-electron chi connectivity index (χ0n) is 11.4. The van der Waals surface area contributed by atoms with Crippen molar-refractivity contribution in [3.8, 4) is 0 Å². The Morgan fingerprint density at radius 1 is 1.32 bits per heavy atom. The molecule has 1 aliphatic heterocycles. The number of carbonyl (C=O) groups excluding carboxylic acids is 1. The first kappa shape index (κ1) is 14.0. The van der Waals surface area contributed by atoms with Gasteiger partial charge in [0, 0.05) is 31.4 Å². The van der Waals surface area contributed by atoms with E-state index < -0.39 is 0 Å². The van der Waals surface area contributed by atoms with E-state index in [4.69, 9.17) is 4.74 Å². The molecule has 2 rings (SSSR count). The van der Waals surface area contributed by atoms with Crippen LogP contribution in [0.25, 0.3) is 0 Å². The molecule has 1 amide bonds. The van der Waals surface area contributed by atoms with E-state index in [-0.39, 0.29) is 11.8 Å². The van der Waals surface area contributed by atoms with Crippen molar-refractivity contribution in [3.63, 3.8) is 0 Å². The van der Waals surface area contributed by atoms with Crippen LogP contribution in [-0.4, -0.2) is 25.7 Å². The Morgan fingerprint density at radius 3 is 2.79 bits per heavy atom. The van der Waals surface area contributed by atoms with E-state index >= 15 is 0 Å². The van der Waals surface area contributed by atoms with Crippen LogP contribution in [-0.2, 0) is 16.1 Å². The van der Waals surface area contributed by atoms with Crippen molar-refractivity contribution >= 4 is 11.6 Å². The fraction of sp³-hybridized carbons (Fsp3) is 0.533. The second-order valence-electron chi connectivity index (χ2n) is 4.81. The molecule has 0 unspecified atom stereocenters. The fourth-order valence-electron chi connectivity index (χ4n) is 2.25. The summed E-state index contributed by atoms with van der Waals surface area (Å²) >= 11 is 0. The van der Waals surface area contributed by atoms with Gasteiger partial charge >= 0.3 is 0 Å². The third-order valence-electron chi connectivity index (χ3n) is 3.43. The standard InChI is InChI=1S/C15H22N2O2/c1-2-16-11-13-5-3-4-6-14(13)17-15(18)12-7-9-19-10-8-12/h3-6,12,16H,2,7-11H2,1H3,(H,17,18). The summed E-state index contributed by atoms with van der Waals surface area (Å²) in [7, 11) is 0. The molecule has 0 radical (unpaired) electrons. The van der Waals surface area contributed by atoms with Crippen molar-refractivity contribution in [3.05, 3.63) is 29.8 Å². The molecule has 0 aromatic heterocycles. The number of benzene rings is 1. The highest BCUT2D eigenvalue weighted by molar-refractivity contribution is 5.93. The van der Waals surface area contributed by atoms with E-state index in [2.05, 4.69) is 17.6 Å². The molecule has 1 heterocycles. The molecular formula is C15H22N2O2. The molecule has 1 aromatic carbocycles. The normalized spacial score (nSPS) is 16.3. The lowest BCUT2D eigenvalue weighted by molar-refractivity contribution is -0.122. The minimum Gasteiger partial charge on any atom is -0.381 e. The highest BCUT2D eigenvalue weighted by Gasteiger charge is 2.21. The predicted octanol–water partition coefficient (Wildman–Crippen LogP) is 2.16. The SMILES string of the molecule is CCNCc1ccccc1NC(=O)C1CCOCC1. The fourth-order valence-corrected chi connectivity index (χ4v) is 2.25. The molecule has 0 spiro atoms. The minimum absolute atomic E-state index is 0.0842. The Morgan fingerprint density at radius 2 is 2.05 bits per heavy atom. The van der Waals surface area contributed by atoms with Gasteiger partial charge in [-0.25, -0.2) is 0 Å². The summed E-state index contributed by atoms with van der Waals surface area (Å²) in [5.41, 5.74) is 2.05. The van der Waals surface area contributed by atoms with Gasteiger partial charge in [0.25, 0.3) is 0 Å². The molecule has 2 N–H and O–H groups in total. The maximum atomic E-state index is 12.2. The predicted molar refractivity (Wildman–Crippen MR) is 76.0 cm³/mol. The minimum atomic E-state index is 0.0842. The van der Waals surface area contributed by atoms with Gasteiger partial charge in [-0.1, -0.05) is 25.1 Å². The van der Waals surface area contributed by atoms with Crippen LogP contribution in [0, 0.1) is 5.92 Å². The number of carbonyl (C=O) groups is 1. The van der Waals surface area contributed by atoms with Gasteiger partial charge in [0.2, 0.25) is 5.91 Å². The number of rotatable bonds is 5. The lowest BCUT2D eigenvalue weighted by Gasteiger charge is -2.22. The number of hydrogen-bond donors (Lipinski definition) is 2. The number of anilines is 1. The highest BCUT2D eigenvalue weighted by Crippen LogP contribution is 2.20. The van der Waals surface area contributed by atoms with Crippen LogP contribution in [0.3, 0.4) is 0 Å². The van der Waals surface area contributed by atoms with E-state index in [9.17, 15) is 4.79 Å². The largest absolute Gasteiger partial charge is 0.381 e. The van der Waals surface area contributed by atoms with Gasteiger partial charge in [-0.05, 0) is 31.0 Å². The zero-order chi connectivity index (χ0) is 13.5. The van der Waals surface area contributed by atoms with E-state index in [1.807, 2.05) is 24.3 Å². The lowest BCUT2D eigenvalue weighted by atomic mass is 9.99. The molecule has 0 atom stereocenters. The van der Waals surface area contributed by atoms with Crippen molar-refractivity contribution < 1.29 is 9.53 Å². The van der Waals surface area contributed by atoms with E-state index in [1.54, 1.807) is 0 Å². The average Bonchev–Trinajstić information content (AvgIpc) is 2.47. The molecule has 0 aliphatic carbocycles. The van der Waals surface area contributed by atoms with Gasteiger partial charge in [-0.3, -0.25) is 4.79 Å². The number of hydrogen-bond acceptors (Lipinski definition) is 3. The summed E-state index contributed by atoms with van der Waals surface area (Å²) in [6, 6.07) is 7.96. The third kappa shape index (κ3) is 4.04. The van der Waals surface area contributed by atoms with Crippen molar-refractivity contribution in [1.29, 1.82) is 0 Å². The second kappa shape index (κ2) is 7.26. The molecule has 1 fully saturated rings. The molecule has 4 heteroatoms. The molecule has 0 bridgehead atoms. The molecule has 0 saturated carbocycles. The van der Waals surface area contributed by atoms with Crippen LogP contribution in [0.1, 0.15) is 25.3 Å². The molecule has 19 heavy (non-hydrogen) atoms. The topological polar surface area (TPSA) is 50.4 Å². The first-order valence-electron chi connectivity index (χ1n) is 6.98. The zero-order valence-corrected chi connectivity index (χ0v) is 11.4. The first-order valence-corrected chi connectivity index (χ1v) is 6.98. The number of nitrogens with one attached hydrogen (secondary N) is 2. The second-order valence-corrected chi connectivity index (χ2v) is 4.81. The Hall–Kier alpha value is -1.39. The van der Waals surface area contributed by atoms with Gasteiger partial charge in [0.15, 0.2) is 0 Å². The Balaban J connectivity index is 1.99. The monoisotopic (exact) mass is 262 g/mol. The van der Waals surface area contributed by atoms with E-state index in [1.165, 1.54) is 0 Å². The maximum Gasteiger partial charge on any atom is 0.227 e. The van der Waals surface area contributed by atoms with Gasteiger partial charge in [0.1, 0.15) is 0 Å². The molecular weight excluding hydrogens is 240 g/mol. The Kier molecular flexibility index (Phi) is 5.36. The summed E-state index contributed by atoms with van der Waals surface area (Å²) in [5, 5.41) is 6.34. The van der Waals surface area contributed by atoms with Crippen molar-refractivity contribution in [2.75, 3.05) is 25.1 Å². The van der Waals surface area contributed by atoms with Crippen LogP contribution in [0.5, 0.6) is 0 Å². The summed E-state index contributed by atoms with van der Waals surface area (Å²) in [5.74, 6) is 0.202. The maximum absolute atomic E-state index is 12.2. The van der Waals surface area contributed by atoms with Gasteiger partial charge in [0.05, 0.1) is 0 Å². The van der Waals surface area contributed by atoms with Crippen molar-refractivity contribution in [2.24, 2.45) is 5.92 Å². The number of ether oxygens (including phenoxy) is 1. The summed E-state index contributed by atoms with van der Waals surface area (Å²) in [6.07, 6.45) is 1.64. The molecule has 4 nitrogen and oxygen atoms in total. The van der Waals surface area contributed by atoms with Gasteiger partial charge in [-0.15, -0.1) is 0 Å². The lowest BCUT2D eigenvalue weighted by Crippen LogP contribution is -2.29. The smallest absolute Gasteiger partial charge is 0.227 e. The van der Waals surface area contributed by atoms with E-state index in [0.29, 0.717) is 13.2 Å². The van der Waals surface area contributed by atoms with Crippen LogP contribution in [0.15, 0.2) is 24.3 Å². The van der Waals surface area contributed by atoms with E-state index in [0.717, 1.165) is 37.2 Å². The van der Waals surface area contributed by atoms with Crippen molar-refractivity contribution in [2.45, 2.75) is 26.3 Å². The third-order valence-corrected chi connectivity index (χ3v) is 3.43. The van der Waals surface area contributed by atoms with Crippen LogP contribution < -0.4 is 10.6 Å². The average molecular weight is 262 g/mol. The number of para-hydroxylation sites is 1. The van der Waals surface area contributed by atoms with Crippen LogP contribution in [0.2, 0.25) is 0 Å². The van der Waals surface area contributed by atoms with Crippen LogP contribution >= 0.6 is 0 Å². The van der Waals surface area contributed by atoms with Gasteiger partial charge in [-0.2, -0.15) is 0 Å². The van der Waals surface area contributed by atoms with Crippen LogP contribution in [0.4, 0.5) is 5.69 Å². The molecule has 1 saturated heterocycles.